The van der Waals surface area contributed by atoms with Gasteiger partial charge in [0.1, 0.15) is 4.83 Å². The van der Waals surface area contributed by atoms with Crippen LogP contribution in [0.1, 0.15) is 37.9 Å². The van der Waals surface area contributed by atoms with Crippen LogP contribution in [0.5, 0.6) is 0 Å². The molecule has 9 nitrogen and oxygen atoms in total. The van der Waals surface area contributed by atoms with E-state index in [-0.39, 0.29) is 17.7 Å². The number of thiophene rings is 1. The maximum absolute atomic E-state index is 12.9. The molecule has 0 spiro atoms. The molecule has 4 rings (SSSR count). The predicted molar refractivity (Wildman–Crippen MR) is 119 cm³/mol. The van der Waals surface area contributed by atoms with Crippen molar-refractivity contribution in [2.75, 3.05) is 45.7 Å². The predicted octanol–water partition coefficient (Wildman–Crippen LogP) is 2.13. The second kappa shape index (κ2) is 9.36. The number of likely N-dealkylation sites (tertiary alicyclic amines) is 1. The molecule has 0 aliphatic carbocycles. The number of amides is 2. The number of ether oxygens (including phenoxy) is 1. The van der Waals surface area contributed by atoms with E-state index in [1.807, 2.05) is 12.1 Å². The quantitative estimate of drug-likeness (QED) is 0.542. The maximum Gasteiger partial charge on any atom is 0.261 e. The Kier molecular flexibility index (Phi) is 6.38. The molecule has 4 heterocycles. The van der Waals surface area contributed by atoms with Crippen LogP contribution in [-0.4, -0.2) is 72.1 Å². The van der Waals surface area contributed by atoms with Crippen molar-refractivity contribution in [3.63, 3.8) is 0 Å². The first kappa shape index (κ1) is 21.1. The van der Waals surface area contributed by atoms with Crippen LogP contribution in [0, 0.1) is 0 Å². The van der Waals surface area contributed by atoms with E-state index in [2.05, 4.69) is 25.6 Å². The van der Waals surface area contributed by atoms with E-state index in [1.54, 1.807) is 25.3 Å². The normalized spacial score (nSPS) is 15.9. The molecule has 2 N–H and O–H groups in total. The molecule has 0 bridgehead atoms. The molecule has 3 aromatic heterocycles. The fraction of sp³-hybridized carbons (Fsp3) is 0.381. The Morgan fingerprint density at radius 3 is 2.84 bits per heavy atom. The molecule has 0 aromatic carbocycles. The largest absolute Gasteiger partial charge is 0.383 e. The van der Waals surface area contributed by atoms with Crippen LogP contribution in [0.25, 0.3) is 10.2 Å². The van der Waals surface area contributed by atoms with Crippen molar-refractivity contribution in [2.24, 2.45) is 0 Å². The molecule has 1 atom stereocenters. The van der Waals surface area contributed by atoms with E-state index in [4.69, 9.17) is 4.74 Å². The molecule has 0 unspecified atom stereocenters. The number of pyridine rings is 1. The average Bonchev–Trinajstić information content (AvgIpc) is 3.43. The molecular formula is C21H24N6O3S. The van der Waals surface area contributed by atoms with Gasteiger partial charge in [0.05, 0.1) is 17.0 Å². The van der Waals surface area contributed by atoms with Crippen LogP contribution in [-0.2, 0) is 4.74 Å². The molecule has 0 radical (unpaired) electrons. The van der Waals surface area contributed by atoms with E-state index in [0.717, 1.165) is 22.2 Å². The van der Waals surface area contributed by atoms with Crippen molar-refractivity contribution in [1.82, 2.24) is 25.2 Å². The summed E-state index contributed by atoms with van der Waals surface area (Å²) in [6.45, 7) is 2.03. The number of carbonyl (C=O) groups excluding carboxylic acids is 2. The van der Waals surface area contributed by atoms with Crippen molar-refractivity contribution in [3.05, 3.63) is 46.7 Å². The van der Waals surface area contributed by atoms with E-state index in [9.17, 15) is 9.59 Å². The van der Waals surface area contributed by atoms with Crippen molar-refractivity contribution < 1.29 is 14.3 Å². The van der Waals surface area contributed by atoms with Crippen LogP contribution in [0.4, 0.5) is 5.95 Å². The molecule has 162 valence electrons. The van der Waals surface area contributed by atoms with E-state index in [1.165, 1.54) is 23.7 Å². The van der Waals surface area contributed by atoms with Gasteiger partial charge in [0.2, 0.25) is 5.95 Å². The highest BCUT2D eigenvalue weighted by molar-refractivity contribution is 7.20. The standard InChI is InChI=1S/C21H24N6O3S/c1-22-21-25-10-14(11-26-21)20(29)27-8-5-13(12-27)16-15-4-3-6-24-19(15)31-17(16)18(28)23-7-9-30-2/h3-4,6,10-11,13H,5,7-9,12H2,1-2H3,(H,23,28)(H,22,25,26)/t13-/m1/s1. The molecule has 3 aromatic rings. The highest BCUT2D eigenvalue weighted by Crippen LogP contribution is 2.39. The first-order valence-electron chi connectivity index (χ1n) is 10.1. The number of hydrogen-bond acceptors (Lipinski definition) is 8. The zero-order chi connectivity index (χ0) is 21.8. The highest BCUT2D eigenvalue weighted by atomic mass is 32.1. The number of fused-ring (bicyclic) bond motifs is 1. The topological polar surface area (TPSA) is 109 Å². The van der Waals surface area contributed by atoms with Crippen molar-refractivity contribution in [3.8, 4) is 0 Å². The minimum Gasteiger partial charge on any atom is -0.383 e. The lowest BCUT2D eigenvalue weighted by molar-refractivity contribution is 0.0790. The molecule has 1 fully saturated rings. The molecule has 2 amide bonds. The SMILES string of the molecule is CNc1ncc(C(=O)N2CC[C@@H](c3c(C(=O)NCCOC)sc4ncccc34)C2)cn1. The number of anilines is 1. The lowest BCUT2D eigenvalue weighted by atomic mass is 9.95. The summed E-state index contributed by atoms with van der Waals surface area (Å²) in [4.78, 5) is 41.8. The third kappa shape index (κ3) is 4.35. The zero-order valence-electron chi connectivity index (χ0n) is 17.4. The van der Waals surface area contributed by atoms with Crippen molar-refractivity contribution >= 4 is 39.3 Å². The molecular weight excluding hydrogens is 416 g/mol. The number of rotatable bonds is 7. The number of nitrogens with one attached hydrogen (secondary N) is 2. The van der Waals surface area contributed by atoms with Gasteiger partial charge in [-0.15, -0.1) is 11.3 Å². The second-order valence-corrected chi connectivity index (χ2v) is 8.23. The van der Waals surface area contributed by atoms with Crippen LogP contribution < -0.4 is 10.6 Å². The van der Waals surface area contributed by atoms with Gasteiger partial charge in [-0.05, 0) is 18.1 Å². The Labute approximate surface area is 183 Å². The fourth-order valence-corrected chi connectivity index (χ4v) is 4.95. The number of hydrogen-bond donors (Lipinski definition) is 2. The molecule has 10 heteroatoms. The van der Waals surface area contributed by atoms with Crippen LogP contribution in [0.2, 0.25) is 0 Å². The molecule has 1 aliphatic heterocycles. The molecule has 31 heavy (non-hydrogen) atoms. The van der Waals surface area contributed by atoms with Gasteiger partial charge in [-0.2, -0.15) is 0 Å². The zero-order valence-corrected chi connectivity index (χ0v) is 18.2. The lowest BCUT2D eigenvalue weighted by Crippen LogP contribution is -2.29. The fourth-order valence-electron chi connectivity index (χ4n) is 3.80. The number of methoxy groups -OCH3 is 1. The summed E-state index contributed by atoms with van der Waals surface area (Å²) in [7, 11) is 3.33. The Morgan fingerprint density at radius 2 is 2.10 bits per heavy atom. The monoisotopic (exact) mass is 440 g/mol. The Balaban J connectivity index is 1.57. The summed E-state index contributed by atoms with van der Waals surface area (Å²) in [6.07, 6.45) is 5.58. The summed E-state index contributed by atoms with van der Waals surface area (Å²) < 4.78 is 5.03. The van der Waals surface area contributed by atoms with Gasteiger partial charge >= 0.3 is 0 Å². The molecule has 0 saturated carbocycles. The number of carbonyl (C=O) groups is 2. The minimum absolute atomic E-state index is 0.0579. The lowest BCUT2D eigenvalue weighted by Gasteiger charge is -2.17. The number of aromatic nitrogens is 3. The van der Waals surface area contributed by atoms with E-state index >= 15 is 0 Å². The van der Waals surface area contributed by atoms with Gasteiger partial charge in [-0.1, -0.05) is 6.07 Å². The first-order chi connectivity index (χ1) is 15.1. The average molecular weight is 441 g/mol. The number of nitrogens with zero attached hydrogens (tertiary/aromatic N) is 4. The Hall–Kier alpha value is -3.11. The van der Waals surface area contributed by atoms with Gasteiger partial charge < -0.3 is 20.3 Å². The first-order valence-corrected chi connectivity index (χ1v) is 10.9. The second-order valence-electron chi connectivity index (χ2n) is 7.23. The Morgan fingerprint density at radius 1 is 1.29 bits per heavy atom. The summed E-state index contributed by atoms with van der Waals surface area (Å²) >= 11 is 1.39. The summed E-state index contributed by atoms with van der Waals surface area (Å²) in [6, 6.07) is 3.87. The third-order valence-corrected chi connectivity index (χ3v) is 6.44. The third-order valence-electron chi connectivity index (χ3n) is 5.31. The summed E-state index contributed by atoms with van der Waals surface area (Å²) in [5, 5.41) is 6.73. The van der Waals surface area contributed by atoms with E-state index < -0.39 is 0 Å². The smallest absolute Gasteiger partial charge is 0.261 e. The van der Waals surface area contributed by atoms with Crippen molar-refractivity contribution in [1.29, 1.82) is 0 Å². The molecule has 1 aliphatic rings. The van der Waals surface area contributed by atoms with Gasteiger partial charge in [0.25, 0.3) is 11.8 Å². The van der Waals surface area contributed by atoms with Crippen LogP contribution in [0.3, 0.4) is 0 Å². The van der Waals surface area contributed by atoms with Crippen LogP contribution in [0.15, 0.2) is 30.7 Å². The van der Waals surface area contributed by atoms with Crippen molar-refractivity contribution in [2.45, 2.75) is 12.3 Å². The van der Waals surface area contributed by atoms with E-state index in [0.29, 0.717) is 42.6 Å². The summed E-state index contributed by atoms with van der Waals surface area (Å²) in [5.74, 6) is 0.296. The Bertz CT molecular complexity index is 1080. The maximum atomic E-state index is 12.9. The molecule has 1 saturated heterocycles. The van der Waals surface area contributed by atoms with Gasteiger partial charge in [0, 0.05) is 63.7 Å². The van der Waals surface area contributed by atoms with Gasteiger partial charge in [-0.3, -0.25) is 9.59 Å². The van der Waals surface area contributed by atoms with Gasteiger partial charge in [-0.25, -0.2) is 15.0 Å². The van der Waals surface area contributed by atoms with Gasteiger partial charge in [0.15, 0.2) is 0 Å². The minimum atomic E-state index is -0.129. The van der Waals surface area contributed by atoms with Crippen LogP contribution >= 0.6 is 11.3 Å². The highest BCUT2D eigenvalue weighted by Gasteiger charge is 2.33. The summed E-state index contributed by atoms with van der Waals surface area (Å²) in [5.41, 5.74) is 1.43.